The third-order valence-corrected chi connectivity index (χ3v) is 3.04. The van der Waals surface area contributed by atoms with Crippen molar-refractivity contribution in [2.45, 2.75) is 20.4 Å². The van der Waals surface area contributed by atoms with Crippen molar-refractivity contribution in [1.82, 2.24) is 9.97 Å². The fourth-order valence-corrected chi connectivity index (χ4v) is 2.14. The van der Waals surface area contributed by atoms with E-state index in [0.29, 0.717) is 12.5 Å². The molecule has 0 aromatic carbocycles. The van der Waals surface area contributed by atoms with E-state index in [1.165, 1.54) is 4.88 Å². The fourth-order valence-electron chi connectivity index (χ4n) is 1.41. The first kappa shape index (κ1) is 11.9. The minimum Gasteiger partial charge on any atom is -0.478 e. The average molecular weight is 249 g/mol. The molecule has 17 heavy (non-hydrogen) atoms. The van der Waals surface area contributed by atoms with Gasteiger partial charge in [-0.2, -0.15) is 4.98 Å². The lowest BCUT2D eigenvalue weighted by atomic mass is 10.4. The number of hydrogen-bond acceptors (Lipinski definition) is 5. The summed E-state index contributed by atoms with van der Waals surface area (Å²) in [5.74, 6) is 1.47. The minimum absolute atomic E-state index is 0.629. The lowest BCUT2D eigenvalue weighted by Crippen LogP contribution is -2.01. The first-order chi connectivity index (χ1) is 8.28. The van der Waals surface area contributed by atoms with Gasteiger partial charge in [0, 0.05) is 17.1 Å². The molecule has 5 heteroatoms. The van der Waals surface area contributed by atoms with Gasteiger partial charge in [-0.15, -0.1) is 11.3 Å². The molecule has 0 spiro atoms. The summed E-state index contributed by atoms with van der Waals surface area (Å²) in [6.45, 7) is 5.32. The van der Waals surface area contributed by atoms with E-state index in [9.17, 15) is 0 Å². The van der Waals surface area contributed by atoms with Crippen molar-refractivity contribution in [3.05, 3.63) is 34.3 Å². The molecule has 2 heterocycles. The van der Waals surface area contributed by atoms with E-state index >= 15 is 0 Å². The molecule has 0 aliphatic heterocycles. The molecule has 0 saturated heterocycles. The summed E-state index contributed by atoms with van der Waals surface area (Å²) in [5.41, 5.74) is 0. The van der Waals surface area contributed by atoms with Gasteiger partial charge in [-0.1, -0.05) is 6.07 Å². The molecule has 0 bridgehead atoms. The molecule has 0 atom stereocenters. The van der Waals surface area contributed by atoms with Crippen LogP contribution in [0.15, 0.2) is 24.4 Å². The van der Waals surface area contributed by atoms with Gasteiger partial charge in [-0.25, -0.2) is 4.98 Å². The van der Waals surface area contributed by atoms with Gasteiger partial charge in [-0.3, -0.25) is 0 Å². The van der Waals surface area contributed by atoms with Gasteiger partial charge < -0.3 is 10.1 Å². The van der Waals surface area contributed by atoms with Crippen LogP contribution in [0.5, 0.6) is 5.88 Å². The maximum Gasteiger partial charge on any atom is 0.215 e. The molecule has 90 valence electrons. The van der Waals surface area contributed by atoms with E-state index in [1.54, 1.807) is 11.3 Å². The highest BCUT2D eigenvalue weighted by atomic mass is 32.1. The lowest BCUT2D eigenvalue weighted by Gasteiger charge is -2.06. The Bertz CT molecular complexity index is 484. The molecule has 0 unspecified atom stereocenters. The zero-order valence-corrected chi connectivity index (χ0v) is 10.8. The summed E-state index contributed by atoms with van der Waals surface area (Å²) in [6, 6.07) is 5.71. The molecular formula is C12H15N3OS. The number of hydrogen-bond donors (Lipinski definition) is 1. The van der Waals surface area contributed by atoms with Gasteiger partial charge in [0.2, 0.25) is 5.88 Å². The Morgan fingerprint density at radius 2 is 2.29 bits per heavy atom. The van der Waals surface area contributed by atoms with Crippen LogP contribution < -0.4 is 10.1 Å². The van der Waals surface area contributed by atoms with Crippen LogP contribution in [-0.2, 0) is 6.54 Å². The van der Waals surface area contributed by atoms with E-state index < -0.39 is 0 Å². The number of nitrogens with one attached hydrogen (secondary N) is 1. The quantitative estimate of drug-likeness (QED) is 0.885. The zero-order chi connectivity index (χ0) is 12.1. The number of aryl methyl sites for hydroxylation is 1. The molecule has 4 nitrogen and oxygen atoms in total. The van der Waals surface area contributed by atoms with Crippen molar-refractivity contribution in [1.29, 1.82) is 0 Å². The molecule has 0 fully saturated rings. The van der Waals surface area contributed by atoms with Gasteiger partial charge in [0.05, 0.1) is 18.2 Å². The molecule has 0 aliphatic carbocycles. The van der Waals surface area contributed by atoms with Crippen LogP contribution in [0.1, 0.15) is 16.8 Å². The fraction of sp³-hybridized carbons (Fsp3) is 0.333. The van der Waals surface area contributed by atoms with E-state index in [1.807, 2.05) is 38.2 Å². The van der Waals surface area contributed by atoms with Crippen LogP contribution in [0.2, 0.25) is 0 Å². The number of rotatable bonds is 5. The predicted molar refractivity (Wildman–Crippen MR) is 69.6 cm³/mol. The monoisotopic (exact) mass is 249 g/mol. The van der Waals surface area contributed by atoms with Crippen molar-refractivity contribution < 1.29 is 4.74 Å². The van der Waals surface area contributed by atoms with E-state index in [2.05, 4.69) is 15.3 Å². The molecule has 2 aromatic heterocycles. The standard InChI is InChI=1S/C12H15N3OS/c1-3-16-12-6-4-5-11(15-12)14-8-10-7-13-9(2)17-10/h4-7H,3,8H2,1-2H3,(H,14,15). The van der Waals surface area contributed by atoms with Crippen LogP contribution >= 0.6 is 11.3 Å². The molecule has 0 amide bonds. The Labute approximate surface area is 105 Å². The molecule has 2 aromatic rings. The summed E-state index contributed by atoms with van der Waals surface area (Å²) in [4.78, 5) is 9.74. The number of aromatic nitrogens is 2. The predicted octanol–water partition coefficient (Wildman–Crippen LogP) is 2.86. The maximum atomic E-state index is 5.34. The normalized spacial score (nSPS) is 10.2. The van der Waals surface area contributed by atoms with Gasteiger partial charge >= 0.3 is 0 Å². The molecule has 2 rings (SSSR count). The molecule has 1 N–H and O–H groups in total. The van der Waals surface area contributed by atoms with Crippen LogP contribution in [0.3, 0.4) is 0 Å². The summed E-state index contributed by atoms with van der Waals surface area (Å²) < 4.78 is 5.34. The van der Waals surface area contributed by atoms with E-state index in [-0.39, 0.29) is 0 Å². The Hall–Kier alpha value is -1.62. The van der Waals surface area contributed by atoms with Crippen LogP contribution in [0, 0.1) is 6.92 Å². The Kier molecular flexibility index (Phi) is 3.93. The average Bonchev–Trinajstić information content (AvgIpc) is 2.74. The number of pyridine rings is 1. The smallest absolute Gasteiger partial charge is 0.215 e. The van der Waals surface area contributed by atoms with Crippen molar-refractivity contribution in [2.75, 3.05) is 11.9 Å². The highest BCUT2D eigenvalue weighted by Crippen LogP contribution is 2.15. The largest absolute Gasteiger partial charge is 0.478 e. The van der Waals surface area contributed by atoms with Gasteiger partial charge in [0.1, 0.15) is 5.82 Å². The number of anilines is 1. The second kappa shape index (κ2) is 5.63. The first-order valence-corrected chi connectivity index (χ1v) is 6.34. The first-order valence-electron chi connectivity index (χ1n) is 5.53. The highest BCUT2D eigenvalue weighted by Gasteiger charge is 2.00. The topological polar surface area (TPSA) is 47.0 Å². The maximum absolute atomic E-state index is 5.34. The van der Waals surface area contributed by atoms with Gasteiger partial charge in [-0.05, 0) is 19.9 Å². The van der Waals surface area contributed by atoms with Crippen LogP contribution in [0.4, 0.5) is 5.82 Å². The Balaban J connectivity index is 1.96. The molecular weight excluding hydrogens is 234 g/mol. The lowest BCUT2D eigenvalue weighted by molar-refractivity contribution is 0.327. The summed E-state index contributed by atoms with van der Waals surface area (Å²) in [5, 5.41) is 4.33. The second-order valence-electron chi connectivity index (χ2n) is 3.49. The number of ether oxygens (including phenoxy) is 1. The third-order valence-electron chi connectivity index (χ3n) is 2.13. The number of nitrogens with zero attached hydrogens (tertiary/aromatic N) is 2. The SMILES string of the molecule is CCOc1cccc(NCc2cnc(C)s2)n1. The van der Waals surface area contributed by atoms with Crippen LogP contribution in [-0.4, -0.2) is 16.6 Å². The van der Waals surface area contributed by atoms with E-state index in [4.69, 9.17) is 4.74 Å². The third kappa shape index (κ3) is 3.42. The molecule has 0 saturated carbocycles. The van der Waals surface area contributed by atoms with Crippen LogP contribution in [0.25, 0.3) is 0 Å². The summed E-state index contributed by atoms with van der Waals surface area (Å²) in [6.07, 6.45) is 1.89. The summed E-state index contributed by atoms with van der Waals surface area (Å²) >= 11 is 1.69. The van der Waals surface area contributed by atoms with Gasteiger partial charge in [0.15, 0.2) is 0 Å². The second-order valence-corrected chi connectivity index (χ2v) is 4.81. The van der Waals surface area contributed by atoms with Gasteiger partial charge in [0.25, 0.3) is 0 Å². The van der Waals surface area contributed by atoms with Crippen molar-refractivity contribution in [3.8, 4) is 5.88 Å². The minimum atomic E-state index is 0.629. The van der Waals surface area contributed by atoms with Crippen molar-refractivity contribution >= 4 is 17.2 Å². The number of thiazole rings is 1. The molecule has 0 aliphatic rings. The summed E-state index contributed by atoms with van der Waals surface area (Å²) in [7, 11) is 0. The zero-order valence-electron chi connectivity index (χ0n) is 9.93. The van der Waals surface area contributed by atoms with E-state index in [0.717, 1.165) is 17.4 Å². The van der Waals surface area contributed by atoms with Crippen molar-refractivity contribution in [2.24, 2.45) is 0 Å². The van der Waals surface area contributed by atoms with Crippen molar-refractivity contribution in [3.63, 3.8) is 0 Å². The Morgan fingerprint density at radius 3 is 3.00 bits per heavy atom. The Morgan fingerprint density at radius 1 is 1.41 bits per heavy atom. The molecule has 0 radical (unpaired) electrons. The highest BCUT2D eigenvalue weighted by molar-refractivity contribution is 7.11.